The van der Waals surface area contributed by atoms with E-state index in [1.807, 2.05) is 97.1 Å². The summed E-state index contributed by atoms with van der Waals surface area (Å²) in [6.45, 7) is 0. The summed E-state index contributed by atoms with van der Waals surface area (Å²) in [6.07, 6.45) is 0. The van der Waals surface area contributed by atoms with Gasteiger partial charge in [0.2, 0.25) is 0 Å². The van der Waals surface area contributed by atoms with Crippen molar-refractivity contribution >= 4 is 105 Å². The van der Waals surface area contributed by atoms with E-state index in [4.69, 9.17) is 23.5 Å². The monoisotopic (exact) mass is 716 g/mol. The van der Waals surface area contributed by atoms with E-state index in [9.17, 15) is 25.5 Å². The molecule has 10 rings (SSSR count). The SMILES string of the molecule is [B]c1c(O)c([B])c2c(-c3cccc(-c4ccc5ccccc5c4)c3)c3c(O)c(O)c(O)c([B])c3c(-c3cccc4c3ccc3cc5ccccc5cc34)c2c1O. The second kappa shape index (κ2) is 12.2. The quantitative estimate of drug-likeness (QED) is 0.0547. The van der Waals surface area contributed by atoms with E-state index in [0.717, 1.165) is 54.2 Å². The van der Waals surface area contributed by atoms with Crippen LogP contribution >= 0.6 is 0 Å². The van der Waals surface area contributed by atoms with Gasteiger partial charge in [-0.1, -0.05) is 109 Å². The third-order valence-corrected chi connectivity index (χ3v) is 11.2. The van der Waals surface area contributed by atoms with Crippen LogP contribution in [0.1, 0.15) is 0 Å². The summed E-state index contributed by atoms with van der Waals surface area (Å²) in [5.74, 6) is -3.23. The molecule has 0 bridgehead atoms. The van der Waals surface area contributed by atoms with Crippen LogP contribution in [0.25, 0.3) is 98.0 Å². The summed E-state index contributed by atoms with van der Waals surface area (Å²) >= 11 is 0. The van der Waals surface area contributed by atoms with Crippen molar-refractivity contribution in [2.24, 2.45) is 0 Å². The van der Waals surface area contributed by atoms with Gasteiger partial charge in [-0.3, -0.25) is 0 Å². The summed E-state index contributed by atoms with van der Waals surface area (Å²) in [4.78, 5) is 0. The predicted molar refractivity (Wildman–Crippen MR) is 232 cm³/mol. The highest BCUT2D eigenvalue weighted by molar-refractivity contribution is 6.53. The van der Waals surface area contributed by atoms with Gasteiger partial charge in [-0.15, -0.1) is 0 Å². The zero-order valence-electron chi connectivity index (χ0n) is 29.7. The van der Waals surface area contributed by atoms with Gasteiger partial charge >= 0.3 is 0 Å². The Kier molecular flexibility index (Phi) is 7.32. The lowest BCUT2D eigenvalue weighted by Gasteiger charge is -2.25. The van der Waals surface area contributed by atoms with Crippen LogP contribution in [-0.2, 0) is 0 Å². The molecule has 258 valence electrons. The van der Waals surface area contributed by atoms with Crippen molar-refractivity contribution in [3.05, 3.63) is 133 Å². The molecular weight excluding hydrogens is 689 g/mol. The second-order valence-corrected chi connectivity index (χ2v) is 14.3. The Morgan fingerprint density at radius 3 is 1.66 bits per heavy atom. The van der Waals surface area contributed by atoms with E-state index in [0.29, 0.717) is 11.1 Å². The summed E-state index contributed by atoms with van der Waals surface area (Å²) in [5.41, 5.74) is 2.61. The van der Waals surface area contributed by atoms with Gasteiger partial charge in [0, 0.05) is 21.9 Å². The minimum absolute atomic E-state index is 0.0509. The number of benzene rings is 10. The third kappa shape index (κ3) is 4.72. The maximum absolute atomic E-state index is 12.1. The van der Waals surface area contributed by atoms with Crippen molar-refractivity contribution in [1.82, 2.24) is 0 Å². The number of phenols is 5. The highest BCUT2D eigenvalue weighted by Crippen LogP contribution is 2.53. The van der Waals surface area contributed by atoms with E-state index in [2.05, 4.69) is 30.3 Å². The number of fused-ring (bicyclic) bond motifs is 7. The van der Waals surface area contributed by atoms with E-state index in [-0.39, 0.29) is 49.1 Å². The second-order valence-electron chi connectivity index (χ2n) is 14.3. The molecular formula is C48H27B3O5. The Balaban J connectivity index is 1.38. The molecule has 10 aromatic rings. The number of hydrogen-bond donors (Lipinski definition) is 5. The maximum Gasteiger partial charge on any atom is 0.200 e. The maximum atomic E-state index is 12.1. The lowest BCUT2D eigenvalue weighted by atomic mass is 9.72. The smallest absolute Gasteiger partial charge is 0.200 e. The molecule has 0 spiro atoms. The first-order chi connectivity index (χ1) is 27.1. The molecule has 0 unspecified atom stereocenters. The Bertz CT molecular complexity index is 3280. The molecule has 0 aliphatic rings. The fourth-order valence-electron chi connectivity index (χ4n) is 8.53. The molecule has 8 heteroatoms. The van der Waals surface area contributed by atoms with E-state index >= 15 is 0 Å². The van der Waals surface area contributed by atoms with Crippen LogP contribution in [0.5, 0.6) is 28.7 Å². The fraction of sp³-hybridized carbons (Fsp3) is 0. The third-order valence-electron chi connectivity index (χ3n) is 11.2. The van der Waals surface area contributed by atoms with E-state index < -0.39 is 28.7 Å². The predicted octanol–water partition coefficient (Wildman–Crippen LogP) is 8.52. The molecule has 0 saturated heterocycles. The van der Waals surface area contributed by atoms with Gasteiger partial charge in [-0.05, 0) is 117 Å². The molecule has 5 nitrogen and oxygen atoms in total. The number of aromatic hydroxyl groups is 5. The van der Waals surface area contributed by atoms with Crippen LogP contribution in [-0.4, -0.2) is 49.1 Å². The number of phenolic OH excluding ortho intramolecular Hbond substituents is 5. The average Bonchev–Trinajstić information content (AvgIpc) is 3.24. The average molecular weight is 716 g/mol. The summed E-state index contributed by atoms with van der Waals surface area (Å²) in [6, 6.07) is 43.8. The van der Waals surface area contributed by atoms with Crippen LogP contribution in [0.15, 0.2) is 133 Å². The van der Waals surface area contributed by atoms with Crippen LogP contribution in [0, 0.1) is 0 Å². The Morgan fingerprint density at radius 2 is 0.893 bits per heavy atom. The van der Waals surface area contributed by atoms with Crippen LogP contribution in [0.4, 0.5) is 0 Å². The van der Waals surface area contributed by atoms with Crippen molar-refractivity contribution in [1.29, 1.82) is 0 Å². The first kappa shape index (κ1) is 33.5. The van der Waals surface area contributed by atoms with Crippen LogP contribution in [0.2, 0.25) is 0 Å². The minimum atomic E-state index is -0.828. The van der Waals surface area contributed by atoms with Gasteiger partial charge in [0.05, 0.1) is 0 Å². The Labute approximate surface area is 324 Å². The van der Waals surface area contributed by atoms with Crippen molar-refractivity contribution in [2.75, 3.05) is 0 Å². The molecule has 10 aromatic carbocycles. The summed E-state index contributed by atoms with van der Waals surface area (Å²) in [7, 11) is 20.0. The molecule has 0 heterocycles. The van der Waals surface area contributed by atoms with Crippen molar-refractivity contribution in [3.63, 3.8) is 0 Å². The number of rotatable bonds is 3. The standard InChI is InChI=1S/C48H27B3O5/c49-41-37-35(30-12-5-11-26(21-30)28-16-15-23-7-1-2-8-24(23)19-28)39-38(42(50)47(55)48(56)45(39)53)36(40(37)44(52)43(51)46(41)54)33-14-6-13-31-32(33)18-17-29-20-25-9-3-4-10-27(25)22-34(29)31/h1-22,52-56H. The largest absolute Gasteiger partial charge is 0.509 e. The Morgan fingerprint density at radius 1 is 0.304 bits per heavy atom. The molecule has 0 aliphatic carbocycles. The highest BCUT2D eigenvalue weighted by Gasteiger charge is 2.30. The molecule has 0 aliphatic heterocycles. The molecule has 6 radical (unpaired) electrons. The molecule has 5 N–H and O–H groups in total. The first-order valence-electron chi connectivity index (χ1n) is 18.0. The lowest BCUT2D eigenvalue weighted by Crippen LogP contribution is -2.19. The molecule has 0 aromatic heterocycles. The van der Waals surface area contributed by atoms with Crippen LogP contribution in [0.3, 0.4) is 0 Å². The van der Waals surface area contributed by atoms with Crippen LogP contribution < -0.4 is 16.4 Å². The van der Waals surface area contributed by atoms with Gasteiger partial charge in [-0.2, -0.15) is 0 Å². The fourth-order valence-corrected chi connectivity index (χ4v) is 8.53. The molecule has 0 atom stereocenters. The molecule has 0 amide bonds. The highest BCUT2D eigenvalue weighted by atomic mass is 16.3. The molecule has 0 saturated carbocycles. The zero-order valence-corrected chi connectivity index (χ0v) is 29.7. The number of hydrogen-bond acceptors (Lipinski definition) is 5. The van der Waals surface area contributed by atoms with E-state index in [1.54, 1.807) is 6.07 Å². The zero-order chi connectivity index (χ0) is 38.6. The van der Waals surface area contributed by atoms with Gasteiger partial charge in [0.25, 0.3) is 0 Å². The lowest BCUT2D eigenvalue weighted by molar-refractivity contribution is 0.373. The van der Waals surface area contributed by atoms with Gasteiger partial charge in [-0.25, -0.2) is 0 Å². The summed E-state index contributed by atoms with van der Waals surface area (Å²) in [5, 5.41) is 66.2. The van der Waals surface area contributed by atoms with E-state index in [1.165, 1.54) is 0 Å². The van der Waals surface area contributed by atoms with Gasteiger partial charge in [0.1, 0.15) is 35.0 Å². The molecule has 0 fully saturated rings. The first-order valence-corrected chi connectivity index (χ1v) is 18.0. The minimum Gasteiger partial charge on any atom is -0.509 e. The normalized spacial score (nSPS) is 11.8. The topological polar surface area (TPSA) is 101 Å². The Hall–Kier alpha value is -7.05. The van der Waals surface area contributed by atoms with Gasteiger partial charge in [0.15, 0.2) is 17.2 Å². The van der Waals surface area contributed by atoms with Gasteiger partial charge < -0.3 is 25.5 Å². The molecule has 56 heavy (non-hydrogen) atoms. The van der Waals surface area contributed by atoms with Crippen molar-refractivity contribution < 1.29 is 25.5 Å². The van der Waals surface area contributed by atoms with Crippen molar-refractivity contribution in [2.45, 2.75) is 0 Å². The summed E-state index contributed by atoms with van der Waals surface area (Å²) < 4.78 is 0. The van der Waals surface area contributed by atoms with Crippen molar-refractivity contribution in [3.8, 4) is 62.1 Å².